The van der Waals surface area contributed by atoms with Gasteiger partial charge >= 0.3 is 6.03 Å². The second-order valence-corrected chi connectivity index (χ2v) is 5.56. The number of fused-ring (bicyclic) bond motifs is 1. The number of rotatable bonds is 4. The van der Waals surface area contributed by atoms with Crippen LogP contribution in [0.25, 0.3) is 0 Å². The smallest absolute Gasteiger partial charge is 0.319 e. The molecule has 3 rings (SSSR count). The number of nitrogens with one attached hydrogen (secondary N) is 2. The zero-order chi connectivity index (χ0) is 15.4. The molecule has 0 unspecified atom stereocenters. The van der Waals surface area contributed by atoms with Crippen LogP contribution in [-0.2, 0) is 6.42 Å². The first kappa shape index (κ1) is 14.4. The van der Waals surface area contributed by atoms with Crippen LogP contribution in [0.4, 0.5) is 16.2 Å². The summed E-state index contributed by atoms with van der Waals surface area (Å²) < 4.78 is 0. The molecule has 2 N–H and O–H groups in total. The number of hydrogen-bond donors (Lipinski definition) is 2. The van der Waals surface area contributed by atoms with Crippen LogP contribution in [0.15, 0.2) is 48.5 Å². The first-order valence-corrected chi connectivity index (χ1v) is 7.67. The minimum absolute atomic E-state index is 0.158. The molecule has 1 aliphatic heterocycles. The average Bonchev–Trinajstić information content (AvgIpc) is 2.93. The fourth-order valence-corrected chi connectivity index (χ4v) is 2.91. The lowest BCUT2D eigenvalue weighted by molar-refractivity contribution is 0.252. The Bertz CT molecular complexity index is 655. The maximum absolute atomic E-state index is 11.8. The first-order valence-electron chi connectivity index (χ1n) is 7.67. The summed E-state index contributed by atoms with van der Waals surface area (Å²) in [6.07, 6.45) is 1.10. The van der Waals surface area contributed by atoms with E-state index in [1.165, 1.54) is 16.8 Å². The van der Waals surface area contributed by atoms with E-state index in [9.17, 15) is 4.79 Å². The van der Waals surface area contributed by atoms with Crippen molar-refractivity contribution in [2.75, 3.05) is 29.9 Å². The third kappa shape index (κ3) is 3.22. The standard InChI is InChI=1S/C18H21N3O/c1-14-6-5-9-17-16(14)10-12-21(17)13-11-19-18(22)20-15-7-3-2-4-8-15/h2-9H,10-13H2,1H3,(H2,19,20,22). The maximum Gasteiger partial charge on any atom is 0.319 e. The van der Waals surface area contributed by atoms with Gasteiger partial charge < -0.3 is 15.5 Å². The molecule has 0 radical (unpaired) electrons. The lowest BCUT2D eigenvalue weighted by Gasteiger charge is -2.20. The number of para-hydroxylation sites is 1. The topological polar surface area (TPSA) is 44.4 Å². The summed E-state index contributed by atoms with van der Waals surface area (Å²) in [7, 11) is 0. The molecule has 22 heavy (non-hydrogen) atoms. The van der Waals surface area contributed by atoms with Crippen molar-refractivity contribution < 1.29 is 4.79 Å². The van der Waals surface area contributed by atoms with Gasteiger partial charge in [0.15, 0.2) is 0 Å². The van der Waals surface area contributed by atoms with Gasteiger partial charge in [-0.1, -0.05) is 30.3 Å². The number of benzene rings is 2. The first-order chi connectivity index (χ1) is 10.7. The molecule has 1 heterocycles. The zero-order valence-electron chi connectivity index (χ0n) is 12.8. The lowest BCUT2D eigenvalue weighted by Crippen LogP contribution is -2.36. The van der Waals surface area contributed by atoms with Gasteiger partial charge in [0, 0.05) is 31.0 Å². The molecular formula is C18H21N3O. The van der Waals surface area contributed by atoms with Crippen molar-refractivity contribution in [1.29, 1.82) is 0 Å². The van der Waals surface area contributed by atoms with Crippen LogP contribution in [0.5, 0.6) is 0 Å². The quantitative estimate of drug-likeness (QED) is 0.910. The molecule has 4 heteroatoms. The van der Waals surface area contributed by atoms with Crippen LogP contribution in [-0.4, -0.2) is 25.7 Å². The predicted octanol–water partition coefficient (Wildman–Crippen LogP) is 3.18. The van der Waals surface area contributed by atoms with Gasteiger partial charge in [-0.2, -0.15) is 0 Å². The Morgan fingerprint density at radius 3 is 2.77 bits per heavy atom. The average molecular weight is 295 g/mol. The van der Waals surface area contributed by atoms with E-state index in [-0.39, 0.29) is 6.03 Å². The molecule has 0 bridgehead atoms. The van der Waals surface area contributed by atoms with E-state index < -0.39 is 0 Å². The molecule has 0 atom stereocenters. The molecule has 114 valence electrons. The molecule has 2 amide bonds. The van der Waals surface area contributed by atoms with E-state index >= 15 is 0 Å². The molecule has 0 saturated heterocycles. The van der Waals surface area contributed by atoms with E-state index in [0.29, 0.717) is 6.54 Å². The monoisotopic (exact) mass is 295 g/mol. The number of urea groups is 1. The predicted molar refractivity (Wildman–Crippen MR) is 90.6 cm³/mol. The molecular weight excluding hydrogens is 274 g/mol. The van der Waals surface area contributed by atoms with Crippen LogP contribution >= 0.6 is 0 Å². The van der Waals surface area contributed by atoms with Crippen LogP contribution in [0.3, 0.4) is 0 Å². The van der Waals surface area contributed by atoms with Crippen molar-refractivity contribution in [2.24, 2.45) is 0 Å². The summed E-state index contributed by atoms with van der Waals surface area (Å²) in [5, 5.41) is 5.74. The van der Waals surface area contributed by atoms with Crippen LogP contribution in [0, 0.1) is 6.92 Å². The molecule has 0 aromatic heterocycles. The largest absolute Gasteiger partial charge is 0.369 e. The van der Waals surface area contributed by atoms with E-state index in [1.54, 1.807) is 0 Å². The Morgan fingerprint density at radius 2 is 1.95 bits per heavy atom. The molecule has 0 fully saturated rings. The molecule has 0 saturated carbocycles. The highest BCUT2D eigenvalue weighted by Crippen LogP contribution is 2.29. The van der Waals surface area contributed by atoms with Gasteiger partial charge in [0.25, 0.3) is 0 Å². The van der Waals surface area contributed by atoms with Crippen molar-refractivity contribution in [3.8, 4) is 0 Å². The van der Waals surface area contributed by atoms with Crippen molar-refractivity contribution in [1.82, 2.24) is 5.32 Å². The molecule has 0 aliphatic carbocycles. The molecule has 2 aromatic carbocycles. The lowest BCUT2D eigenvalue weighted by atomic mass is 10.1. The van der Waals surface area contributed by atoms with Gasteiger partial charge in [-0.15, -0.1) is 0 Å². The number of aryl methyl sites for hydroxylation is 1. The normalized spacial score (nSPS) is 12.9. The number of amides is 2. The third-order valence-corrected chi connectivity index (χ3v) is 4.06. The van der Waals surface area contributed by atoms with Crippen molar-refractivity contribution >= 4 is 17.4 Å². The number of hydrogen-bond acceptors (Lipinski definition) is 2. The van der Waals surface area contributed by atoms with Crippen LogP contribution in [0.1, 0.15) is 11.1 Å². The van der Waals surface area contributed by atoms with Gasteiger partial charge in [0.2, 0.25) is 0 Å². The minimum Gasteiger partial charge on any atom is -0.369 e. The summed E-state index contributed by atoms with van der Waals surface area (Å²) in [6, 6.07) is 15.7. The SMILES string of the molecule is Cc1cccc2c1CCN2CCNC(=O)Nc1ccccc1. The number of nitrogens with zero attached hydrogens (tertiary/aromatic N) is 1. The molecule has 1 aliphatic rings. The summed E-state index contributed by atoms with van der Waals surface area (Å²) in [5.41, 5.74) is 4.92. The van der Waals surface area contributed by atoms with Crippen molar-refractivity contribution in [2.45, 2.75) is 13.3 Å². The Morgan fingerprint density at radius 1 is 1.14 bits per heavy atom. The second-order valence-electron chi connectivity index (χ2n) is 5.56. The summed E-state index contributed by atoms with van der Waals surface area (Å²) in [6.45, 7) is 4.65. The Labute approximate surface area is 131 Å². The molecule has 2 aromatic rings. The van der Waals surface area contributed by atoms with Crippen LogP contribution < -0.4 is 15.5 Å². The van der Waals surface area contributed by atoms with Gasteiger partial charge in [-0.05, 0) is 42.7 Å². The van der Waals surface area contributed by atoms with Crippen molar-refractivity contribution in [3.05, 3.63) is 59.7 Å². The van der Waals surface area contributed by atoms with Gasteiger partial charge in [-0.3, -0.25) is 0 Å². The number of carbonyl (C=O) groups excluding carboxylic acids is 1. The Balaban J connectivity index is 1.49. The maximum atomic E-state index is 11.8. The summed E-state index contributed by atoms with van der Waals surface area (Å²) in [4.78, 5) is 14.2. The highest BCUT2D eigenvalue weighted by atomic mass is 16.2. The Kier molecular flexibility index (Phi) is 4.28. The van der Waals surface area contributed by atoms with Gasteiger partial charge in [0.05, 0.1) is 0 Å². The summed E-state index contributed by atoms with van der Waals surface area (Å²) in [5.74, 6) is 0. The zero-order valence-corrected chi connectivity index (χ0v) is 12.8. The number of anilines is 2. The van der Waals surface area contributed by atoms with E-state index in [4.69, 9.17) is 0 Å². The van der Waals surface area contributed by atoms with E-state index in [0.717, 1.165) is 25.2 Å². The Hall–Kier alpha value is -2.49. The fourth-order valence-electron chi connectivity index (χ4n) is 2.91. The van der Waals surface area contributed by atoms with E-state index in [2.05, 4.69) is 40.7 Å². The van der Waals surface area contributed by atoms with E-state index in [1.807, 2.05) is 30.3 Å². The highest BCUT2D eigenvalue weighted by molar-refractivity contribution is 5.89. The van der Waals surface area contributed by atoms with Crippen LogP contribution in [0.2, 0.25) is 0 Å². The second kappa shape index (κ2) is 6.52. The molecule has 0 spiro atoms. The van der Waals surface area contributed by atoms with Gasteiger partial charge in [0.1, 0.15) is 0 Å². The summed E-state index contributed by atoms with van der Waals surface area (Å²) >= 11 is 0. The van der Waals surface area contributed by atoms with Crippen molar-refractivity contribution in [3.63, 3.8) is 0 Å². The minimum atomic E-state index is -0.158. The molecule has 4 nitrogen and oxygen atoms in total. The van der Waals surface area contributed by atoms with Gasteiger partial charge in [-0.25, -0.2) is 4.79 Å². The fraction of sp³-hybridized carbons (Fsp3) is 0.278. The number of carbonyl (C=O) groups is 1. The highest BCUT2D eigenvalue weighted by Gasteiger charge is 2.19. The third-order valence-electron chi connectivity index (χ3n) is 4.06.